The Bertz CT molecular complexity index is 910. The zero-order chi connectivity index (χ0) is 21.6. The van der Waals surface area contributed by atoms with E-state index in [4.69, 9.17) is 14.2 Å². The Morgan fingerprint density at radius 2 is 1.79 bits per heavy atom. The van der Waals surface area contributed by atoms with Gasteiger partial charge < -0.3 is 19.5 Å². The van der Waals surface area contributed by atoms with Gasteiger partial charge in [-0.2, -0.15) is 0 Å². The monoisotopic (exact) mass is 483 g/mol. The maximum Gasteiger partial charge on any atom is 0.348 e. The van der Waals surface area contributed by atoms with Crippen LogP contribution in [-0.4, -0.2) is 37.2 Å². The number of carbonyl (C=O) groups excluding carboxylic acids is 3. The standard InChI is InChI=1S/C20H22BrNO6S/c1-5-26-19(24)15-11(3)16(20(25)27-6-2)29-18(15)22-17(23)12(4)28-14-9-7-8-13(21)10-14/h7-10,12H,5-6H2,1-4H3,(H,22,23)/t12-/m0/s1. The van der Waals surface area contributed by atoms with Crippen molar-refractivity contribution in [2.45, 2.75) is 33.8 Å². The predicted octanol–water partition coefficient (Wildman–Crippen LogP) is 4.58. The molecule has 0 bridgehead atoms. The fourth-order valence-corrected chi connectivity index (χ4v) is 3.92. The number of ether oxygens (including phenoxy) is 3. The van der Waals surface area contributed by atoms with Crippen LogP contribution in [0, 0.1) is 6.92 Å². The highest BCUT2D eigenvalue weighted by atomic mass is 79.9. The normalized spacial score (nSPS) is 11.5. The lowest BCUT2D eigenvalue weighted by molar-refractivity contribution is -0.122. The van der Waals surface area contributed by atoms with Gasteiger partial charge in [0.2, 0.25) is 0 Å². The molecule has 0 radical (unpaired) electrons. The molecule has 29 heavy (non-hydrogen) atoms. The molecule has 9 heteroatoms. The van der Waals surface area contributed by atoms with E-state index in [1.165, 1.54) is 0 Å². The van der Waals surface area contributed by atoms with Crippen molar-refractivity contribution in [3.63, 3.8) is 0 Å². The fourth-order valence-electron chi connectivity index (χ4n) is 2.45. The van der Waals surface area contributed by atoms with Crippen LogP contribution in [0.15, 0.2) is 28.7 Å². The maximum absolute atomic E-state index is 12.6. The van der Waals surface area contributed by atoms with Crippen LogP contribution in [0.3, 0.4) is 0 Å². The molecule has 0 aliphatic carbocycles. The Kier molecular flexibility index (Phi) is 8.21. The van der Waals surface area contributed by atoms with Crippen molar-refractivity contribution < 1.29 is 28.6 Å². The molecule has 0 saturated carbocycles. The molecular formula is C20H22BrNO6S. The highest BCUT2D eigenvalue weighted by Gasteiger charge is 2.28. The average molecular weight is 484 g/mol. The molecule has 1 N–H and O–H groups in total. The van der Waals surface area contributed by atoms with Crippen LogP contribution in [0.25, 0.3) is 0 Å². The first-order valence-corrected chi connectivity index (χ1v) is 10.6. The van der Waals surface area contributed by atoms with Crippen LogP contribution in [0.5, 0.6) is 5.75 Å². The Morgan fingerprint density at radius 1 is 1.14 bits per heavy atom. The third-order valence-corrected chi connectivity index (χ3v) is 5.48. The Hall–Kier alpha value is -2.39. The molecule has 1 atom stereocenters. The fraction of sp³-hybridized carbons (Fsp3) is 0.350. The van der Waals surface area contributed by atoms with Crippen LogP contribution in [0.1, 0.15) is 46.4 Å². The minimum absolute atomic E-state index is 0.142. The van der Waals surface area contributed by atoms with Crippen molar-refractivity contribution in [2.75, 3.05) is 18.5 Å². The lowest BCUT2D eigenvalue weighted by Gasteiger charge is -2.15. The first-order valence-electron chi connectivity index (χ1n) is 8.99. The van der Waals surface area contributed by atoms with Crippen molar-refractivity contribution in [3.05, 3.63) is 44.7 Å². The molecule has 0 saturated heterocycles. The molecule has 2 rings (SSSR count). The van der Waals surface area contributed by atoms with E-state index in [0.717, 1.165) is 15.8 Å². The second-order valence-corrected chi connectivity index (χ2v) is 7.84. The summed E-state index contributed by atoms with van der Waals surface area (Å²) in [6.07, 6.45) is -0.840. The minimum Gasteiger partial charge on any atom is -0.481 e. The molecule has 7 nitrogen and oxygen atoms in total. The van der Waals surface area contributed by atoms with Gasteiger partial charge in [0.05, 0.1) is 18.8 Å². The molecular weight excluding hydrogens is 462 g/mol. The van der Waals surface area contributed by atoms with Gasteiger partial charge >= 0.3 is 11.9 Å². The molecule has 0 aliphatic heterocycles. The highest BCUT2D eigenvalue weighted by Crippen LogP contribution is 2.34. The summed E-state index contributed by atoms with van der Waals surface area (Å²) in [6.45, 7) is 6.94. The van der Waals surface area contributed by atoms with Gasteiger partial charge in [-0.05, 0) is 51.5 Å². The average Bonchev–Trinajstić information content (AvgIpc) is 2.98. The Morgan fingerprint density at radius 3 is 2.41 bits per heavy atom. The van der Waals surface area contributed by atoms with Crippen molar-refractivity contribution in [1.29, 1.82) is 0 Å². The van der Waals surface area contributed by atoms with E-state index in [1.807, 2.05) is 6.07 Å². The molecule has 0 unspecified atom stereocenters. The largest absolute Gasteiger partial charge is 0.481 e. The number of anilines is 1. The number of esters is 2. The lowest BCUT2D eigenvalue weighted by atomic mass is 10.1. The van der Waals surface area contributed by atoms with Crippen molar-refractivity contribution >= 4 is 50.1 Å². The third-order valence-electron chi connectivity index (χ3n) is 3.80. The van der Waals surface area contributed by atoms with E-state index in [0.29, 0.717) is 11.3 Å². The summed E-state index contributed by atoms with van der Waals surface area (Å²) in [4.78, 5) is 37.5. The van der Waals surface area contributed by atoms with Crippen LogP contribution in [0.4, 0.5) is 5.00 Å². The zero-order valence-electron chi connectivity index (χ0n) is 16.5. The van der Waals surface area contributed by atoms with Gasteiger partial charge in [0.1, 0.15) is 15.6 Å². The second-order valence-electron chi connectivity index (χ2n) is 5.91. The van der Waals surface area contributed by atoms with E-state index in [1.54, 1.807) is 45.9 Å². The lowest BCUT2D eigenvalue weighted by Crippen LogP contribution is -2.30. The number of amides is 1. The maximum atomic E-state index is 12.6. The summed E-state index contributed by atoms with van der Waals surface area (Å²) in [5, 5.41) is 2.90. The van der Waals surface area contributed by atoms with Gasteiger partial charge in [0.25, 0.3) is 5.91 Å². The summed E-state index contributed by atoms with van der Waals surface area (Å²) in [5.74, 6) is -1.12. The molecule has 0 aliphatic rings. The molecule has 1 amide bonds. The van der Waals surface area contributed by atoms with E-state index in [-0.39, 0.29) is 28.7 Å². The summed E-state index contributed by atoms with van der Waals surface area (Å²) < 4.78 is 16.6. The Labute approximate surface area is 181 Å². The van der Waals surface area contributed by atoms with E-state index >= 15 is 0 Å². The molecule has 0 spiro atoms. The van der Waals surface area contributed by atoms with Gasteiger partial charge in [-0.15, -0.1) is 11.3 Å². The summed E-state index contributed by atoms with van der Waals surface area (Å²) in [7, 11) is 0. The highest BCUT2D eigenvalue weighted by molar-refractivity contribution is 9.10. The van der Waals surface area contributed by atoms with E-state index in [2.05, 4.69) is 21.2 Å². The molecule has 2 aromatic rings. The SMILES string of the molecule is CCOC(=O)c1sc(NC(=O)[C@H](C)Oc2cccc(Br)c2)c(C(=O)OCC)c1C. The molecule has 1 aromatic heterocycles. The number of halogens is 1. The van der Waals surface area contributed by atoms with Gasteiger partial charge in [0.15, 0.2) is 6.10 Å². The number of benzene rings is 1. The van der Waals surface area contributed by atoms with Crippen molar-refractivity contribution in [3.8, 4) is 5.75 Å². The quantitative estimate of drug-likeness (QED) is 0.552. The summed E-state index contributed by atoms with van der Waals surface area (Å²) in [6, 6.07) is 7.10. The number of hydrogen-bond donors (Lipinski definition) is 1. The molecule has 156 valence electrons. The summed E-state index contributed by atoms with van der Waals surface area (Å²) in [5.41, 5.74) is 0.547. The molecule has 0 fully saturated rings. The van der Waals surface area contributed by atoms with E-state index < -0.39 is 23.9 Å². The van der Waals surface area contributed by atoms with Gasteiger partial charge in [0, 0.05) is 4.47 Å². The smallest absolute Gasteiger partial charge is 0.348 e. The van der Waals surface area contributed by atoms with Crippen LogP contribution in [0.2, 0.25) is 0 Å². The molecule has 1 heterocycles. The second kappa shape index (κ2) is 10.4. The number of thiophene rings is 1. The third kappa shape index (κ3) is 5.80. The topological polar surface area (TPSA) is 90.9 Å². The van der Waals surface area contributed by atoms with Gasteiger partial charge in [-0.1, -0.05) is 22.0 Å². The zero-order valence-corrected chi connectivity index (χ0v) is 18.9. The van der Waals surface area contributed by atoms with Crippen LogP contribution in [-0.2, 0) is 14.3 Å². The molecule has 1 aromatic carbocycles. The van der Waals surface area contributed by atoms with Gasteiger partial charge in [-0.3, -0.25) is 4.79 Å². The number of rotatable bonds is 8. The van der Waals surface area contributed by atoms with Crippen LogP contribution < -0.4 is 10.1 Å². The Balaban J connectivity index is 2.27. The summed E-state index contributed by atoms with van der Waals surface area (Å²) >= 11 is 4.32. The predicted molar refractivity (Wildman–Crippen MR) is 114 cm³/mol. The van der Waals surface area contributed by atoms with Crippen molar-refractivity contribution in [2.24, 2.45) is 0 Å². The first-order chi connectivity index (χ1) is 13.8. The number of nitrogens with one attached hydrogen (secondary N) is 1. The van der Waals surface area contributed by atoms with E-state index in [9.17, 15) is 14.4 Å². The minimum atomic E-state index is -0.840. The van der Waals surface area contributed by atoms with Gasteiger partial charge in [-0.25, -0.2) is 9.59 Å². The first kappa shape index (κ1) is 22.9. The number of hydrogen-bond acceptors (Lipinski definition) is 7. The van der Waals surface area contributed by atoms with Crippen molar-refractivity contribution in [1.82, 2.24) is 0 Å². The van der Waals surface area contributed by atoms with Crippen LogP contribution >= 0.6 is 27.3 Å². The number of carbonyl (C=O) groups is 3.